The molecular formula is C12H16N4. The molecule has 0 radical (unpaired) electrons. The van der Waals surface area contributed by atoms with Crippen molar-refractivity contribution in [2.75, 3.05) is 20.1 Å². The van der Waals surface area contributed by atoms with Crippen LogP contribution >= 0.6 is 0 Å². The lowest BCUT2D eigenvalue weighted by atomic mass is 9.90. The van der Waals surface area contributed by atoms with Gasteiger partial charge in [0, 0.05) is 6.20 Å². The van der Waals surface area contributed by atoms with E-state index in [2.05, 4.69) is 34.4 Å². The van der Waals surface area contributed by atoms with Crippen molar-refractivity contribution in [3.05, 3.63) is 30.1 Å². The minimum absolute atomic E-state index is 0.705. The topological polar surface area (TPSA) is 33.4 Å². The van der Waals surface area contributed by atoms with Gasteiger partial charge in [0.05, 0.1) is 11.7 Å². The Balaban J connectivity index is 1.87. The van der Waals surface area contributed by atoms with E-state index < -0.39 is 0 Å². The van der Waals surface area contributed by atoms with Crippen LogP contribution in [-0.4, -0.2) is 39.9 Å². The van der Waals surface area contributed by atoms with Crippen LogP contribution in [0.5, 0.6) is 0 Å². The van der Waals surface area contributed by atoms with Gasteiger partial charge in [0.25, 0.3) is 0 Å². The minimum Gasteiger partial charge on any atom is -0.306 e. The number of fused-ring (bicyclic) bond motifs is 1. The van der Waals surface area contributed by atoms with Gasteiger partial charge in [-0.15, -0.1) is 5.10 Å². The van der Waals surface area contributed by atoms with Crippen LogP contribution in [0.25, 0.3) is 5.52 Å². The number of piperidine rings is 1. The zero-order valence-corrected chi connectivity index (χ0v) is 9.50. The predicted molar refractivity (Wildman–Crippen MR) is 62.5 cm³/mol. The van der Waals surface area contributed by atoms with E-state index in [4.69, 9.17) is 0 Å². The summed E-state index contributed by atoms with van der Waals surface area (Å²) in [6, 6.07) is 4.40. The maximum absolute atomic E-state index is 3.98. The minimum atomic E-state index is 0.705. The highest BCUT2D eigenvalue weighted by atomic mass is 15.4. The van der Waals surface area contributed by atoms with Crippen molar-refractivity contribution in [1.29, 1.82) is 0 Å². The fourth-order valence-electron chi connectivity index (χ4n) is 2.44. The Morgan fingerprint density at radius 1 is 1.31 bits per heavy atom. The second kappa shape index (κ2) is 3.87. The molecule has 0 atom stereocenters. The molecule has 0 saturated carbocycles. The molecule has 3 heterocycles. The second-order valence-corrected chi connectivity index (χ2v) is 4.64. The van der Waals surface area contributed by atoms with Gasteiger partial charge >= 0.3 is 0 Å². The van der Waals surface area contributed by atoms with Gasteiger partial charge in [0.1, 0.15) is 0 Å². The molecule has 0 amide bonds. The van der Waals surface area contributed by atoms with Crippen molar-refractivity contribution < 1.29 is 0 Å². The van der Waals surface area contributed by atoms with Crippen LogP contribution in [0.3, 0.4) is 0 Å². The summed E-state index contributed by atoms with van der Waals surface area (Å²) >= 11 is 0. The van der Waals surface area contributed by atoms with Crippen molar-refractivity contribution in [1.82, 2.24) is 19.7 Å². The van der Waals surface area contributed by atoms with Gasteiger partial charge in [-0.1, -0.05) is 5.21 Å². The number of hydrogen-bond donors (Lipinski definition) is 0. The first-order chi connectivity index (χ1) is 7.83. The molecule has 0 N–H and O–H groups in total. The molecule has 0 aliphatic carbocycles. The quantitative estimate of drug-likeness (QED) is 0.725. The molecule has 16 heavy (non-hydrogen) atoms. The van der Waals surface area contributed by atoms with Gasteiger partial charge in [-0.3, -0.25) is 0 Å². The summed E-state index contributed by atoms with van der Waals surface area (Å²) in [5, 5.41) is 7.88. The predicted octanol–water partition coefficient (Wildman–Crippen LogP) is 1.54. The number of nitrogens with zero attached hydrogens (tertiary/aromatic N) is 4. The molecule has 0 unspecified atom stereocenters. The van der Waals surface area contributed by atoms with Crippen LogP contribution in [-0.2, 0) is 0 Å². The van der Waals surface area contributed by atoms with E-state index in [1.807, 2.05) is 16.9 Å². The highest BCUT2D eigenvalue weighted by Gasteiger charge is 2.18. The number of hydrogen-bond acceptors (Lipinski definition) is 3. The van der Waals surface area contributed by atoms with Crippen LogP contribution in [0.2, 0.25) is 0 Å². The third kappa shape index (κ3) is 1.69. The highest BCUT2D eigenvalue weighted by molar-refractivity contribution is 5.46. The third-order valence-electron chi connectivity index (χ3n) is 3.52. The molecule has 0 spiro atoms. The summed E-state index contributed by atoms with van der Waals surface area (Å²) in [5.74, 6) is 0.705. The maximum atomic E-state index is 3.98. The Labute approximate surface area is 94.9 Å². The van der Waals surface area contributed by atoms with Gasteiger partial charge in [0.2, 0.25) is 0 Å². The molecule has 0 bridgehead atoms. The summed E-state index contributed by atoms with van der Waals surface area (Å²) in [7, 11) is 2.19. The molecule has 2 aromatic rings. The van der Waals surface area contributed by atoms with Crippen LogP contribution < -0.4 is 0 Å². The van der Waals surface area contributed by atoms with E-state index in [-0.39, 0.29) is 0 Å². The number of pyridine rings is 1. The van der Waals surface area contributed by atoms with Crippen LogP contribution in [0.15, 0.2) is 24.5 Å². The first-order valence-corrected chi connectivity index (χ1v) is 5.81. The lowest BCUT2D eigenvalue weighted by Gasteiger charge is -2.29. The molecule has 1 saturated heterocycles. The number of aromatic nitrogens is 3. The van der Waals surface area contributed by atoms with E-state index in [0.717, 1.165) is 5.52 Å². The molecule has 1 aliphatic rings. The SMILES string of the molecule is CN1CCC(c2ccn3nncc3c2)CC1. The second-order valence-electron chi connectivity index (χ2n) is 4.64. The fraction of sp³-hybridized carbons (Fsp3) is 0.500. The van der Waals surface area contributed by atoms with E-state index in [1.165, 1.54) is 31.5 Å². The Morgan fingerprint density at radius 2 is 2.12 bits per heavy atom. The average Bonchev–Trinajstić information content (AvgIpc) is 2.77. The van der Waals surface area contributed by atoms with Crippen molar-refractivity contribution >= 4 is 5.52 Å². The molecule has 2 aromatic heterocycles. The van der Waals surface area contributed by atoms with Gasteiger partial charge in [-0.2, -0.15) is 0 Å². The van der Waals surface area contributed by atoms with Gasteiger partial charge in [-0.25, -0.2) is 4.52 Å². The maximum Gasteiger partial charge on any atom is 0.0867 e. The standard InChI is InChI=1S/C12H16N4/c1-15-5-2-10(3-6-15)11-4-7-16-12(8-11)9-13-14-16/h4,7-10H,2-3,5-6H2,1H3. The molecule has 0 aromatic carbocycles. The molecule has 4 heteroatoms. The summed E-state index contributed by atoms with van der Waals surface area (Å²) in [4.78, 5) is 2.40. The molecule has 1 fully saturated rings. The normalized spacial score (nSPS) is 19.3. The van der Waals surface area contributed by atoms with E-state index in [9.17, 15) is 0 Å². The zero-order chi connectivity index (χ0) is 11.0. The molecule has 84 valence electrons. The number of likely N-dealkylation sites (tertiary alicyclic amines) is 1. The summed E-state index contributed by atoms with van der Waals surface area (Å²) in [6.07, 6.45) is 6.34. The van der Waals surface area contributed by atoms with E-state index >= 15 is 0 Å². The Bertz CT molecular complexity index is 482. The fourth-order valence-corrected chi connectivity index (χ4v) is 2.44. The van der Waals surface area contributed by atoms with Crippen molar-refractivity contribution in [2.45, 2.75) is 18.8 Å². The lowest BCUT2D eigenvalue weighted by Crippen LogP contribution is -2.29. The summed E-state index contributed by atoms with van der Waals surface area (Å²) < 4.78 is 1.82. The Morgan fingerprint density at radius 3 is 2.94 bits per heavy atom. The van der Waals surface area contributed by atoms with Crippen LogP contribution in [0, 0.1) is 0 Å². The van der Waals surface area contributed by atoms with Crippen LogP contribution in [0.4, 0.5) is 0 Å². The van der Waals surface area contributed by atoms with E-state index in [0.29, 0.717) is 5.92 Å². The van der Waals surface area contributed by atoms with Gasteiger partial charge in [-0.05, 0) is 56.6 Å². The van der Waals surface area contributed by atoms with Crippen molar-refractivity contribution in [3.63, 3.8) is 0 Å². The molecule has 1 aliphatic heterocycles. The molecule has 3 rings (SSSR count). The average molecular weight is 216 g/mol. The Kier molecular flexibility index (Phi) is 2.36. The van der Waals surface area contributed by atoms with Crippen molar-refractivity contribution in [3.8, 4) is 0 Å². The summed E-state index contributed by atoms with van der Waals surface area (Å²) in [6.45, 7) is 2.40. The molecular weight excluding hydrogens is 200 g/mol. The van der Waals surface area contributed by atoms with Gasteiger partial charge in [0.15, 0.2) is 0 Å². The van der Waals surface area contributed by atoms with Crippen molar-refractivity contribution in [2.24, 2.45) is 0 Å². The third-order valence-corrected chi connectivity index (χ3v) is 3.52. The lowest BCUT2D eigenvalue weighted by molar-refractivity contribution is 0.255. The van der Waals surface area contributed by atoms with Crippen LogP contribution in [0.1, 0.15) is 24.3 Å². The first kappa shape index (κ1) is 9.78. The highest BCUT2D eigenvalue weighted by Crippen LogP contribution is 2.27. The Hall–Kier alpha value is -1.42. The smallest absolute Gasteiger partial charge is 0.0867 e. The summed E-state index contributed by atoms with van der Waals surface area (Å²) in [5.41, 5.74) is 2.53. The first-order valence-electron chi connectivity index (χ1n) is 5.81. The van der Waals surface area contributed by atoms with Gasteiger partial charge < -0.3 is 4.90 Å². The van der Waals surface area contributed by atoms with E-state index in [1.54, 1.807) is 0 Å². The molecule has 4 nitrogen and oxygen atoms in total. The number of rotatable bonds is 1. The zero-order valence-electron chi connectivity index (χ0n) is 9.50. The largest absolute Gasteiger partial charge is 0.306 e. The monoisotopic (exact) mass is 216 g/mol.